The first-order valence-corrected chi connectivity index (χ1v) is 8.46. The molecule has 3 nitrogen and oxygen atoms in total. The average Bonchev–Trinajstić information content (AvgIpc) is 2.97. The fourth-order valence-corrected chi connectivity index (χ4v) is 3.46. The van der Waals surface area contributed by atoms with Gasteiger partial charge >= 0.3 is 0 Å². The predicted molar refractivity (Wildman–Crippen MR) is 85.8 cm³/mol. The highest BCUT2D eigenvalue weighted by Crippen LogP contribution is 2.27. The normalized spacial score (nSPS) is 16.2. The second-order valence-electron chi connectivity index (χ2n) is 5.88. The molecule has 0 atom stereocenters. The molecule has 1 saturated carbocycles. The van der Waals surface area contributed by atoms with E-state index in [2.05, 4.69) is 26.9 Å². The molecule has 112 valence electrons. The Bertz CT molecular complexity index is 559. The monoisotopic (exact) mass is 303 g/mol. The molecule has 0 bridgehead atoms. The standard InChI is InChI=1S/C17H22ClN3/c18-13-17-20-19-16(12-11-14-7-3-1-4-8-14)21(17)15-9-5-2-6-10-15/h2,5-6,9-10,14H,1,3-4,7-8,11-13H2. The van der Waals surface area contributed by atoms with Gasteiger partial charge in [-0.1, -0.05) is 50.3 Å². The summed E-state index contributed by atoms with van der Waals surface area (Å²) >= 11 is 6.02. The quantitative estimate of drug-likeness (QED) is 0.760. The molecular weight excluding hydrogens is 282 g/mol. The molecule has 0 spiro atoms. The second kappa shape index (κ2) is 7.08. The third-order valence-corrected chi connectivity index (χ3v) is 4.67. The molecule has 0 saturated heterocycles. The Labute approximate surface area is 131 Å². The summed E-state index contributed by atoms with van der Waals surface area (Å²) in [5.74, 6) is 3.13. The summed E-state index contributed by atoms with van der Waals surface area (Å²) in [6.45, 7) is 0. The van der Waals surface area contributed by atoms with Crippen LogP contribution >= 0.6 is 11.6 Å². The number of hydrogen-bond donors (Lipinski definition) is 0. The van der Waals surface area contributed by atoms with Crippen LogP contribution in [0.25, 0.3) is 5.69 Å². The van der Waals surface area contributed by atoms with Gasteiger partial charge in [0, 0.05) is 12.1 Å². The third-order valence-electron chi connectivity index (χ3n) is 4.43. The second-order valence-corrected chi connectivity index (χ2v) is 6.15. The van der Waals surface area contributed by atoms with Gasteiger partial charge in [-0.2, -0.15) is 0 Å². The van der Waals surface area contributed by atoms with Crippen LogP contribution in [-0.4, -0.2) is 14.8 Å². The van der Waals surface area contributed by atoms with E-state index in [0.29, 0.717) is 5.88 Å². The molecule has 1 heterocycles. The van der Waals surface area contributed by atoms with Gasteiger partial charge in [0.1, 0.15) is 5.82 Å². The molecular formula is C17H22ClN3. The number of alkyl halides is 1. The number of aromatic nitrogens is 3. The lowest BCUT2D eigenvalue weighted by molar-refractivity contribution is 0.337. The Hall–Kier alpha value is -1.35. The van der Waals surface area contributed by atoms with Gasteiger partial charge < -0.3 is 0 Å². The summed E-state index contributed by atoms with van der Waals surface area (Å²) < 4.78 is 2.12. The molecule has 3 rings (SSSR count). The fourth-order valence-electron chi connectivity index (χ4n) is 3.29. The first-order valence-electron chi connectivity index (χ1n) is 7.93. The first-order chi connectivity index (χ1) is 10.4. The van der Waals surface area contributed by atoms with Crippen molar-refractivity contribution in [3.8, 4) is 5.69 Å². The van der Waals surface area contributed by atoms with Crippen molar-refractivity contribution in [1.29, 1.82) is 0 Å². The van der Waals surface area contributed by atoms with Gasteiger partial charge in [0.25, 0.3) is 0 Å². The van der Waals surface area contributed by atoms with Crippen LogP contribution in [0.3, 0.4) is 0 Å². The maximum Gasteiger partial charge on any atom is 0.152 e. The summed E-state index contributed by atoms with van der Waals surface area (Å²) in [6, 6.07) is 10.3. The van der Waals surface area contributed by atoms with Crippen LogP contribution in [0.4, 0.5) is 0 Å². The third kappa shape index (κ3) is 3.46. The highest BCUT2D eigenvalue weighted by Gasteiger charge is 2.17. The molecule has 21 heavy (non-hydrogen) atoms. The number of nitrogens with zero attached hydrogens (tertiary/aromatic N) is 3. The van der Waals surface area contributed by atoms with E-state index in [9.17, 15) is 0 Å². The van der Waals surface area contributed by atoms with Gasteiger partial charge in [0.2, 0.25) is 0 Å². The molecule has 1 aliphatic carbocycles. The molecule has 1 aromatic heterocycles. The topological polar surface area (TPSA) is 30.7 Å². The van der Waals surface area contributed by atoms with Gasteiger partial charge in [0.15, 0.2) is 5.82 Å². The Balaban J connectivity index is 1.77. The van der Waals surface area contributed by atoms with Gasteiger partial charge in [-0.15, -0.1) is 21.8 Å². The largest absolute Gasteiger partial charge is 0.282 e. The highest BCUT2D eigenvalue weighted by molar-refractivity contribution is 6.16. The Morgan fingerprint density at radius 1 is 1.00 bits per heavy atom. The van der Waals surface area contributed by atoms with E-state index in [1.165, 1.54) is 38.5 Å². The lowest BCUT2D eigenvalue weighted by Gasteiger charge is -2.21. The van der Waals surface area contributed by atoms with E-state index >= 15 is 0 Å². The van der Waals surface area contributed by atoms with Crippen molar-refractivity contribution in [1.82, 2.24) is 14.8 Å². The summed E-state index contributed by atoms with van der Waals surface area (Å²) in [5, 5.41) is 8.63. The lowest BCUT2D eigenvalue weighted by atomic mass is 9.86. The zero-order valence-electron chi connectivity index (χ0n) is 12.3. The van der Waals surface area contributed by atoms with E-state index in [1.807, 2.05) is 18.2 Å². The SMILES string of the molecule is ClCc1nnc(CCC2CCCCC2)n1-c1ccccc1. The van der Waals surface area contributed by atoms with Gasteiger partial charge in [-0.25, -0.2) is 0 Å². The molecule has 2 aromatic rings. The minimum Gasteiger partial charge on any atom is -0.282 e. The van der Waals surface area contributed by atoms with Crippen molar-refractivity contribution in [3.63, 3.8) is 0 Å². The van der Waals surface area contributed by atoms with Crippen LogP contribution in [0.2, 0.25) is 0 Å². The van der Waals surface area contributed by atoms with Gasteiger partial charge in [-0.05, 0) is 24.5 Å². The molecule has 1 fully saturated rings. The van der Waals surface area contributed by atoms with Crippen molar-refractivity contribution in [3.05, 3.63) is 42.0 Å². The average molecular weight is 304 g/mol. The highest BCUT2D eigenvalue weighted by atomic mass is 35.5. The number of hydrogen-bond acceptors (Lipinski definition) is 2. The molecule has 1 aliphatic rings. The molecule has 0 N–H and O–H groups in total. The van der Waals surface area contributed by atoms with Gasteiger partial charge in [0.05, 0.1) is 5.88 Å². The van der Waals surface area contributed by atoms with Crippen LogP contribution in [0, 0.1) is 5.92 Å². The van der Waals surface area contributed by atoms with E-state index in [-0.39, 0.29) is 0 Å². The van der Waals surface area contributed by atoms with Crippen molar-refractivity contribution >= 4 is 11.6 Å². The van der Waals surface area contributed by atoms with Crippen LogP contribution in [0.5, 0.6) is 0 Å². The van der Waals surface area contributed by atoms with Crippen LogP contribution in [0.1, 0.15) is 50.2 Å². The van der Waals surface area contributed by atoms with Crippen molar-refractivity contribution in [2.75, 3.05) is 0 Å². The van der Waals surface area contributed by atoms with E-state index in [0.717, 1.165) is 29.7 Å². The molecule has 0 radical (unpaired) electrons. The van der Waals surface area contributed by atoms with E-state index < -0.39 is 0 Å². The molecule has 1 aromatic carbocycles. The van der Waals surface area contributed by atoms with Crippen LogP contribution < -0.4 is 0 Å². The zero-order valence-corrected chi connectivity index (χ0v) is 13.1. The molecule has 0 aliphatic heterocycles. The van der Waals surface area contributed by atoms with Crippen LogP contribution in [-0.2, 0) is 12.3 Å². The lowest BCUT2D eigenvalue weighted by Crippen LogP contribution is -2.10. The van der Waals surface area contributed by atoms with Crippen molar-refractivity contribution in [2.24, 2.45) is 5.92 Å². The number of halogens is 1. The first kappa shape index (κ1) is 14.6. The Morgan fingerprint density at radius 3 is 2.43 bits per heavy atom. The Morgan fingerprint density at radius 2 is 1.71 bits per heavy atom. The minimum absolute atomic E-state index is 0.394. The zero-order chi connectivity index (χ0) is 14.5. The van der Waals surface area contributed by atoms with E-state index in [4.69, 9.17) is 11.6 Å². The number of rotatable bonds is 5. The maximum absolute atomic E-state index is 6.02. The number of para-hydroxylation sites is 1. The summed E-state index contributed by atoms with van der Waals surface area (Å²) in [5.41, 5.74) is 1.11. The maximum atomic E-state index is 6.02. The van der Waals surface area contributed by atoms with Gasteiger partial charge in [-0.3, -0.25) is 4.57 Å². The summed E-state index contributed by atoms with van der Waals surface area (Å²) in [7, 11) is 0. The fraction of sp³-hybridized carbons (Fsp3) is 0.529. The molecule has 0 amide bonds. The summed E-state index contributed by atoms with van der Waals surface area (Å²) in [6.07, 6.45) is 9.15. The minimum atomic E-state index is 0.394. The van der Waals surface area contributed by atoms with Crippen molar-refractivity contribution < 1.29 is 0 Å². The predicted octanol–water partition coefficient (Wildman–Crippen LogP) is 4.52. The summed E-state index contributed by atoms with van der Waals surface area (Å²) in [4.78, 5) is 0. The number of aryl methyl sites for hydroxylation is 1. The number of benzene rings is 1. The van der Waals surface area contributed by atoms with Crippen LogP contribution in [0.15, 0.2) is 30.3 Å². The molecule has 0 unspecified atom stereocenters. The van der Waals surface area contributed by atoms with E-state index in [1.54, 1.807) is 0 Å². The smallest absolute Gasteiger partial charge is 0.152 e. The Kier molecular flexibility index (Phi) is 4.91. The van der Waals surface area contributed by atoms with Crippen molar-refractivity contribution in [2.45, 2.75) is 50.8 Å². The molecule has 4 heteroatoms.